The summed E-state index contributed by atoms with van der Waals surface area (Å²) in [6.45, 7) is 12.3. The van der Waals surface area contributed by atoms with Gasteiger partial charge < -0.3 is 20.1 Å². The van der Waals surface area contributed by atoms with Crippen LogP contribution in [0, 0.1) is 6.92 Å². The third kappa shape index (κ3) is 13.3. The van der Waals surface area contributed by atoms with E-state index in [9.17, 15) is 66.6 Å². The van der Waals surface area contributed by atoms with Gasteiger partial charge in [-0.1, -0.05) is 88.4 Å². The van der Waals surface area contributed by atoms with E-state index in [2.05, 4.69) is 16.8 Å². The van der Waals surface area contributed by atoms with E-state index in [-0.39, 0.29) is 54.1 Å². The molecule has 0 aliphatic carbocycles. The molecule has 5 rings (SSSR count). The fourth-order valence-electron chi connectivity index (χ4n) is 9.17. The quantitative estimate of drug-likeness (QED) is 0.0234. The molecule has 0 fully saturated rings. The molecule has 1 aliphatic rings. The molecule has 0 saturated heterocycles. The highest BCUT2D eigenvalue weighted by molar-refractivity contribution is 7.87. The van der Waals surface area contributed by atoms with E-state index in [1.54, 1.807) is 74.6 Å². The van der Waals surface area contributed by atoms with Crippen molar-refractivity contribution in [1.82, 2.24) is 5.32 Å². The second kappa shape index (κ2) is 22.1. The Hall–Kier alpha value is -5.56. The van der Waals surface area contributed by atoms with Crippen molar-refractivity contribution in [3.8, 4) is 0 Å². The Morgan fingerprint density at radius 3 is 2.01 bits per heavy atom. The molecule has 6 N–H and O–H groups in total. The number of fused-ring (bicyclic) bond motifs is 4. The molecule has 1 aliphatic heterocycles. The number of anilines is 1. The van der Waals surface area contributed by atoms with Crippen LogP contribution in [0.25, 0.3) is 21.5 Å². The average Bonchev–Trinajstić information content (AvgIpc) is 3.47. The second-order valence-corrected chi connectivity index (χ2v) is 23.7. The summed E-state index contributed by atoms with van der Waals surface area (Å²) < 4.78 is 144. The Kier molecular flexibility index (Phi) is 17.5. The summed E-state index contributed by atoms with van der Waals surface area (Å²) >= 11 is 0. The largest absolute Gasteiger partial charge is 0.481 e. The molecule has 0 saturated carbocycles. The van der Waals surface area contributed by atoms with Crippen molar-refractivity contribution >= 4 is 79.6 Å². The molecule has 0 radical (unpaired) electrons. The molecule has 1 amide bonds. The lowest BCUT2D eigenvalue weighted by Crippen LogP contribution is -2.27. The van der Waals surface area contributed by atoms with Gasteiger partial charge in [0.25, 0.3) is 46.4 Å². The van der Waals surface area contributed by atoms with Gasteiger partial charge in [-0.3, -0.25) is 27.8 Å². The van der Waals surface area contributed by atoms with E-state index < -0.39 is 83.6 Å². The van der Waals surface area contributed by atoms with E-state index >= 15 is 0 Å². The van der Waals surface area contributed by atoms with Crippen LogP contribution in [-0.4, -0.2) is 101 Å². The molecule has 4 aromatic rings. The summed E-state index contributed by atoms with van der Waals surface area (Å²) in [5.41, 5.74) is 1.29. The maximum Gasteiger partial charge on any atom is 0.303 e. The normalized spacial score (nSPS) is 15.9. The molecule has 0 spiro atoms. The summed E-state index contributed by atoms with van der Waals surface area (Å²) in [5.74, 6) is -2.12. The number of nitrogens with zero attached hydrogens (tertiary/aromatic N) is 1. The summed E-state index contributed by atoms with van der Waals surface area (Å²) in [6.07, 6.45) is 13.5. The van der Waals surface area contributed by atoms with Crippen molar-refractivity contribution in [1.29, 1.82) is 0 Å². The van der Waals surface area contributed by atoms with Gasteiger partial charge in [-0.15, -0.1) is 0 Å². The number of carbonyl (C=O) groups is 2. The lowest BCUT2D eigenvalue weighted by Gasteiger charge is -2.34. The van der Waals surface area contributed by atoms with E-state index in [4.69, 9.17) is 4.74 Å². The lowest BCUT2D eigenvalue weighted by atomic mass is 9.70. The number of aryl methyl sites for hydroxylation is 1. The molecule has 384 valence electrons. The van der Waals surface area contributed by atoms with Crippen LogP contribution in [0.3, 0.4) is 0 Å². The number of carboxylic acid groups (broad SMARTS) is 1. The van der Waals surface area contributed by atoms with Gasteiger partial charge in [0.1, 0.15) is 9.79 Å². The molecule has 1 heterocycles. The molecule has 1 atom stereocenters. The summed E-state index contributed by atoms with van der Waals surface area (Å²) in [7, 11) is -17.8. The fraction of sp³-hybridized carbons (Fsp3) is 0.347. The number of allylic oxidation sites excluding steroid dienone is 9. The van der Waals surface area contributed by atoms with Gasteiger partial charge in [0.05, 0.1) is 17.3 Å². The first-order chi connectivity index (χ1) is 32.9. The lowest BCUT2D eigenvalue weighted by molar-refractivity contribution is -0.137. The molecule has 18 nitrogen and oxygen atoms in total. The SMILES string of the molecule is C=C(/C=C/C=C/C=C/C=C1/N(CCCCCC(=O)O)c2ccc3c(S(=O)(=O)O)cc(C(=O)NCCOC)cc3c2C1(C)C)C(C)(CCCS(=O)(=O)O)c1c(C)ccc2c(S(=O)(=O)O)cc(S(=O)(=O)O)cc12. The first kappa shape index (κ1) is 56.4. The van der Waals surface area contributed by atoms with Crippen LogP contribution >= 0.6 is 0 Å². The third-order valence-corrected chi connectivity index (χ3v) is 15.9. The Labute approximate surface area is 414 Å². The van der Waals surface area contributed by atoms with E-state index in [1.165, 1.54) is 13.2 Å². The maximum atomic E-state index is 13.3. The van der Waals surface area contributed by atoms with Crippen LogP contribution in [0.2, 0.25) is 0 Å². The summed E-state index contributed by atoms with van der Waals surface area (Å²) in [6, 6.07) is 10.7. The monoisotopic (exact) mass is 1060 g/mol. The van der Waals surface area contributed by atoms with Crippen LogP contribution in [0.4, 0.5) is 5.69 Å². The van der Waals surface area contributed by atoms with Gasteiger partial charge >= 0.3 is 5.97 Å². The van der Waals surface area contributed by atoms with E-state index in [1.807, 2.05) is 19.9 Å². The fourth-order valence-corrected chi connectivity index (χ4v) is 11.8. The number of benzene rings is 4. The summed E-state index contributed by atoms with van der Waals surface area (Å²) in [5, 5.41) is 12.5. The maximum absolute atomic E-state index is 13.3. The zero-order chi connectivity index (χ0) is 52.9. The number of aliphatic carboxylic acids is 1. The van der Waals surface area contributed by atoms with Gasteiger partial charge in [-0.2, -0.15) is 33.7 Å². The van der Waals surface area contributed by atoms with Crippen molar-refractivity contribution in [2.45, 2.75) is 91.7 Å². The smallest absolute Gasteiger partial charge is 0.303 e. The number of unbranched alkanes of at least 4 members (excludes halogenated alkanes) is 2. The van der Waals surface area contributed by atoms with E-state index in [0.29, 0.717) is 59.5 Å². The van der Waals surface area contributed by atoms with Gasteiger partial charge in [0.15, 0.2) is 0 Å². The van der Waals surface area contributed by atoms with Gasteiger partial charge in [-0.25, -0.2) is 0 Å². The minimum absolute atomic E-state index is 0.00574. The highest BCUT2D eigenvalue weighted by atomic mass is 32.2. The number of hydrogen-bond acceptors (Lipinski definition) is 12. The summed E-state index contributed by atoms with van der Waals surface area (Å²) in [4.78, 5) is 24.5. The Bertz CT molecular complexity index is 3360. The van der Waals surface area contributed by atoms with Crippen molar-refractivity contribution < 1.29 is 71.3 Å². The Balaban J connectivity index is 1.55. The first-order valence-corrected chi connectivity index (χ1v) is 28.1. The van der Waals surface area contributed by atoms with Crippen LogP contribution in [0.1, 0.15) is 86.3 Å². The number of methoxy groups -OCH3 is 1. The highest BCUT2D eigenvalue weighted by Gasteiger charge is 2.42. The number of rotatable bonds is 23. The minimum Gasteiger partial charge on any atom is -0.481 e. The molecular formula is C49H58N2O16S4. The van der Waals surface area contributed by atoms with Gasteiger partial charge in [-0.05, 0) is 102 Å². The predicted octanol–water partition coefficient (Wildman–Crippen LogP) is 7.89. The third-order valence-electron chi connectivity index (χ3n) is 12.5. The number of carboxylic acids is 1. The number of ether oxygens (including phenoxy) is 1. The van der Waals surface area contributed by atoms with Crippen LogP contribution in [0.5, 0.6) is 0 Å². The minimum atomic E-state index is -5.04. The molecule has 22 heteroatoms. The highest BCUT2D eigenvalue weighted by Crippen LogP contribution is 2.52. The van der Waals surface area contributed by atoms with Crippen LogP contribution < -0.4 is 10.2 Å². The van der Waals surface area contributed by atoms with Crippen molar-refractivity contribution in [2.75, 3.05) is 37.5 Å². The molecule has 71 heavy (non-hydrogen) atoms. The average molecular weight is 1060 g/mol. The molecule has 4 aromatic carbocycles. The molecular weight excluding hydrogens is 1000 g/mol. The topological polar surface area (TPSA) is 296 Å². The van der Waals surface area contributed by atoms with Crippen LogP contribution in [-0.2, 0) is 60.8 Å². The standard InChI is InChI=1S/C49H58N2O16S4/c1-32-19-20-36-39(30-35(69(58,59)60)31-42(36)71(64,65)66)45(32)49(5,23-15-27-68(55,56)57)33(2)16-11-8-7-9-12-17-43-48(3,4)46-38-28-34(47(54)50-24-26-67-6)29-41(70(61,62)63)37(38)21-22-40(46)51(43)25-14-10-13-18-44(52)53/h7-9,11-12,16-17,19-22,28-31H,2,10,13-15,18,23-27H2,1,3-6H3,(H,50,54)(H,52,53)(H,55,56,57)(H,58,59,60)(H,61,62,63)(H,64,65,66)/b8-7+,12-9+,16-11+,43-17+. The number of amides is 1. The predicted molar refractivity (Wildman–Crippen MR) is 270 cm³/mol. The number of hydrogen-bond donors (Lipinski definition) is 6. The van der Waals surface area contributed by atoms with E-state index in [0.717, 1.165) is 23.5 Å². The van der Waals surface area contributed by atoms with Crippen molar-refractivity contribution in [2.24, 2.45) is 0 Å². The molecule has 0 bridgehead atoms. The Morgan fingerprint density at radius 1 is 0.775 bits per heavy atom. The van der Waals surface area contributed by atoms with Crippen molar-refractivity contribution in [3.63, 3.8) is 0 Å². The van der Waals surface area contributed by atoms with Gasteiger partial charge in [0.2, 0.25) is 0 Å². The number of nitrogens with one attached hydrogen (secondary N) is 1. The zero-order valence-electron chi connectivity index (χ0n) is 39.7. The van der Waals surface area contributed by atoms with Crippen molar-refractivity contribution in [3.05, 3.63) is 131 Å². The Morgan fingerprint density at radius 2 is 1.39 bits per heavy atom. The second-order valence-electron chi connectivity index (χ2n) is 17.9. The van der Waals surface area contributed by atoms with Gasteiger partial charge in [0, 0.05) is 65.2 Å². The molecule has 1 unspecified atom stereocenters. The first-order valence-electron chi connectivity index (χ1n) is 22.2. The number of carbonyl (C=O) groups excluding carboxylic acids is 1. The zero-order valence-corrected chi connectivity index (χ0v) is 43.0. The van der Waals surface area contributed by atoms with Crippen LogP contribution in [0.15, 0.2) is 124 Å². The molecule has 0 aromatic heterocycles.